The number of piperidine rings is 1. The van der Waals surface area contributed by atoms with Gasteiger partial charge in [0, 0.05) is 19.1 Å². The molecule has 0 unspecified atom stereocenters. The molecule has 1 aliphatic heterocycles. The minimum absolute atomic E-state index is 0.418. The van der Waals surface area contributed by atoms with Crippen LogP contribution in [0.1, 0.15) is 18.4 Å². The van der Waals surface area contributed by atoms with Crippen LogP contribution >= 0.6 is 0 Å². The van der Waals surface area contributed by atoms with E-state index in [2.05, 4.69) is 17.4 Å². The van der Waals surface area contributed by atoms with Crippen LogP contribution in [-0.4, -0.2) is 51.8 Å². The summed E-state index contributed by atoms with van der Waals surface area (Å²) in [6, 6.07) is 8.51. The summed E-state index contributed by atoms with van der Waals surface area (Å²) < 4.78 is 29.6. The molecule has 118 valence electrons. The van der Waals surface area contributed by atoms with Crippen LogP contribution in [0.3, 0.4) is 0 Å². The summed E-state index contributed by atoms with van der Waals surface area (Å²) in [7, 11) is -1.36. The van der Waals surface area contributed by atoms with Crippen LogP contribution in [0.4, 0.5) is 0 Å². The Bertz CT molecular complexity index is 535. The van der Waals surface area contributed by atoms with Crippen molar-refractivity contribution >= 4 is 10.0 Å². The lowest BCUT2D eigenvalue weighted by molar-refractivity contribution is 0.292. The number of nitrogens with zero attached hydrogens (tertiary/aromatic N) is 1. The molecule has 5 nitrogen and oxygen atoms in total. The van der Waals surface area contributed by atoms with Gasteiger partial charge < -0.3 is 10.1 Å². The van der Waals surface area contributed by atoms with E-state index in [9.17, 15) is 8.42 Å². The standard InChI is InChI=1S/C15H24N2O3S/c1-20-15-5-3-13(4-6-15)7-10-16-14-8-11-17(12-9-14)21(2,18)19/h3-6,14,16H,7-12H2,1-2H3. The molecular formula is C15H24N2O3S. The zero-order valence-electron chi connectivity index (χ0n) is 12.7. The molecule has 1 fully saturated rings. The van der Waals surface area contributed by atoms with Crippen LogP contribution < -0.4 is 10.1 Å². The second kappa shape index (κ2) is 7.24. The van der Waals surface area contributed by atoms with Crippen molar-refractivity contribution in [2.45, 2.75) is 25.3 Å². The third-order valence-electron chi connectivity index (χ3n) is 3.93. The van der Waals surface area contributed by atoms with Gasteiger partial charge in [-0.3, -0.25) is 0 Å². The number of ether oxygens (including phenoxy) is 1. The molecule has 0 atom stereocenters. The molecule has 0 amide bonds. The molecule has 6 heteroatoms. The second-order valence-electron chi connectivity index (χ2n) is 5.49. The SMILES string of the molecule is COc1ccc(CCNC2CCN(S(C)(=O)=O)CC2)cc1. The first-order chi connectivity index (χ1) is 9.99. The van der Waals surface area contributed by atoms with Crippen molar-refractivity contribution in [1.29, 1.82) is 0 Å². The highest BCUT2D eigenvalue weighted by atomic mass is 32.2. The zero-order valence-corrected chi connectivity index (χ0v) is 13.5. The highest BCUT2D eigenvalue weighted by molar-refractivity contribution is 7.88. The third-order valence-corrected chi connectivity index (χ3v) is 5.23. The van der Waals surface area contributed by atoms with E-state index in [1.807, 2.05) is 12.1 Å². The molecule has 1 aromatic rings. The summed E-state index contributed by atoms with van der Waals surface area (Å²) >= 11 is 0. The van der Waals surface area contributed by atoms with Gasteiger partial charge in [-0.25, -0.2) is 12.7 Å². The average molecular weight is 312 g/mol. The minimum atomic E-state index is -3.03. The van der Waals surface area contributed by atoms with Crippen LogP contribution in [0.25, 0.3) is 0 Å². The number of sulfonamides is 1. The van der Waals surface area contributed by atoms with Gasteiger partial charge in [-0.1, -0.05) is 12.1 Å². The lowest BCUT2D eigenvalue weighted by Crippen LogP contribution is -2.44. The van der Waals surface area contributed by atoms with E-state index in [0.717, 1.165) is 31.6 Å². The molecule has 21 heavy (non-hydrogen) atoms. The zero-order chi connectivity index (χ0) is 15.3. The first-order valence-electron chi connectivity index (χ1n) is 7.30. The van der Waals surface area contributed by atoms with E-state index in [1.165, 1.54) is 11.8 Å². The van der Waals surface area contributed by atoms with E-state index in [0.29, 0.717) is 19.1 Å². The molecule has 0 radical (unpaired) electrons. The molecule has 1 aliphatic rings. The van der Waals surface area contributed by atoms with E-state index >= 15 is 0 Å². The Hall–Kier alpha value is -1.11. The maximum Gasteiger partial charge on any atom is 0.211 e. The number of hydrogen-bond acceptors (Lipinski definition) is 4. The minimum Gasteiger partial charge on any atom is -0.497 e. The van der Waals surface area contributed by atoms with Gasteiger partial charge in [0.15, 0.2) is 0 Å². The van der Waals surface area contributed by atoms with Gasteiger partial charge in [0.05, 0.1) is 13.4 Å². The molecule has 1 heterocycles. The van der Waals surface area contributed by atoms with Crippen LogP contribution in [0.5, 0.6) is 5.75 Å². The number of rotatable bonds is 6. The summed E-state index contributed by atoms with van der Waals surface area (Å²) in [6.45, 7) is 2.16. The van der Waals surface area contributed by atoms with E-state index in [4.69, 9.17) is 4.74 Å². The van der Waals surface area contributed by atoms with Gasteiger partial charge in [0.2, 0.25) is 10.0 Å². The number of methoxy groups -OCH3 is 1. The van der Waals surface area contributed by atoms with Crippen molar-refractivity contribution in [2.75, 3.05) is 33.0 Å². The molecule has 0 aliphatic carbocycles. The molecule has 0 spiro atoms. The van der Waals surface area contributed by atoms with E-state index in [1.54, 1.807) is 11.4 Å². The topological polar surface area (TPSA) is 58.6 Å². The Morgan fingerprint density at radius 3 is 2.38 bits per heavy atom. The van der Waals surface area contributed by atoms with E-state index in [-0.39, 0.29) is 0 Å². The fourth-order valence-corrected chi connectivity index (χ4v) is 3.48. The Morgan fingerprint density at radius 1 is 1.24 bits per heavy atom. The summed E-state index contributed by atoms with van der Waals surface area (Å²) in [5.41, 5.74) is 1.27. The first-order valence-corrected chi connectivity index (χ1v) is 9.15. The van der Waals surface area contributed by atoms with E-state index < -0.39 is 10.0 Å². The Morgan fingerprint density at radius 2 is 1.86 bits per heavy atom. The molecular weight excluding hydrogens is 288 g/mol. The molecule has 0 saturated carbocycles. The van der Waals surface area contributed by atoms with Gasteiger partial charge in [-0.15, -0.1) is 0 Å². The Kier molecular flexibility index (Phi) is 5.61. The highest BCUT2D eigenvalue weighted by Crippen LogP contribution is 2.14. The summed E-state index contributed by atoms with van der Waals surface area (Å²) in [6.07, 6.45) is 4.02. The van der Waals surface area contributed by atoms with Gasteiger partial charge in [-0.2, -0.15) is 0 Å². The van der Waals surface area contributed by atoms with Crippen molar-refractivity contribution in [3.8, 4) is 5.75 Å². The quantitative estimate of drug-likeness (QED) is 0.859. The fourth-order valence-electron chi connectivity index (χ4n) is 2.60. The second-order valence-corrected chi connectivity index (χ2v) is 7.47. The molecule has 1 N–H and O–H groups in total. The predicted molar refractivity (Wildman–Crippen MR) is 84.1 cm³/mol. The molecule has 1 saturated heterocycles. The van der Waals surface area contributed by atoms with Crippen LogP contribution in [0.2, 0.25) is 0 Å². The summed E-state index contributed by atoms with van der Waals surface area (Å²) in [4.78, 5) is 0. The van der Waals surface area contributed by atoms with Gasteiger partial charge >= 0.3 is 0 Å². The molecule has 1 aromatic carbocycles. The van der Waals surface area contributed by atoms with Crippen LogP contribution in [0, 0.1) is 0 Å². The van der Waals surface area contributed by atoms with Crippen LogP contribution in [-0.2, 0) is 16.4 Å². The number of benzene rings is 1. The van der Waals surface area contributed by atoms with Crippen molar-refractivity contribution < 1.29 is 13.2 Å². The number of hydrogen-bond donors (Lipinski definition) is 1. The van der Waals surface area contributed by atoms with Crippen molar-refractivity contribution in [1.82, 2.24) is 9.62 Å². The maximum absolute atomic E-state index is 11.4. The van der Waals surface area contributed by atoms with Gasteiger partial charge in [0.1, 0.15) is 5.75 Å². The monoisotopic (exact) mass is 312 g/mol. The van der Waals surface area contributed by atoms with Crippen molar-refractivity contribution in [3.63, 3.8) is 0 Å². The Labute approximate surface area is 127 Å². The Balaban J connectivity index is 1.70. The van der Waals surface area contributed by atoms with Crippen molar-refractivity contribution in [3.05, 3.63) is 29.8 Å². The molecule has 0 aromatic heterocycles. The van der Waals surface area contributed by atoms with Crippen molar-refractivity contribution in [2.24, 2.45) is 0 Å². The third kappa shape index (κ3) is 4.98. The van der Waals surface area contributed by atoms with Gasteiger partial charge in [-0.05, 0) is 43.5 Å². The number of nitrogens with one attached hydrogen (secondary N) is 1. The summed E-state index contributed by atoms with van der Waals surface area (Å²) in [5, 5.41) is 3.52. The van der Waals surface area contributed by atoms with Gasteiger partial charge in [0.25, 0.3) is 0 Å². The lowest BCUT2D eigenvalue weighted by atomic mass is 10.1. The fraction of sp³-hybridized carbons (Fsp3) is 0.600. The lowest BCUT2D eigenvalue weighted by Gasteiger charge is -2.30. The maximum atomic E-state index is 11.4. The normalized spacial score (nSPS) is 17.8. The first kappa shape index (κ1) is 16.3. The van der Waals surface area contributed by atoms with Crippen LogP contribution in [0.15, 0.2) is 24.3 Å². The highest BCUT2D eigenvalue weighted by Gasteiger charge is 2.24. The predicted octanol–water partition coefficient (Wildman–Crippen LogP) is 1.25. The molecule has 2 rings (SSSR count). The smallest absolute Gasteiger partial charge is 0.211 e. The molecule has 0 bridgehead atoms. The summed E-state index contributed by atoms with van der Waals surface area (Å²) in [5.74, 6) is 0.875. The average Bonchev–Trinajstić information content (AvgIpc) is 2.47. The largest absolute Gasteiger partial charge is 0.497 e.